The molecule has 234 valence electrons. The zero-order valence-corrected chi connectivity index (χ0v) is 24.6. The van der Waals surface area contributed by atoms with Gasteiger partial charge >= 0.3 is 0 Å². The first-order valence-corrected chi connectivity index (χ1v) is 11.9. The second-order valence-electron chi connectivity index (χ2n) is 8.14. The minimum absolute atomic E-state index is 0. The summed E-state index contributed by atoms with van der Waals surface area (Å²) in [7, 11) is 3.07. The molecule has 0 fully saturated rings. The number of hydrogen-bond acceptors (Lipinski definition) is 11. The van der Waals surface area contributed by atoms with Crippen molar-refractivity contribution in [1.29, 1.82) is 0 Å². The van der Waals surface area contributed by atoms with Crippen molar-refractivity contribution >= 4 is 53.3 Å². The molecule has 3 aromatic carbocycles. The van der Waals surface area contributed by atoms with Crippen LogP contribution in [0.5, 0.6) is 0 Å². The first-order valence-electron chi connectivity index (χ1n) is 11.9. The molecule has 0 amide bonds. The van der Waals surface area contributed by atoms with Crippen LogP contribution in [0.4, 0.5) is 32.8 Å². The smallest absolute Gasteiger partial charge is 0.269 e. The monoisotopic (exact) mass is 635 g/mol. The number of rotatable bonds is 12. The van der Waals surface area contributed by atoms with Gasteiger partial charge in [-0.3, -0.25) is 20.2 Å². The second-order valence-corrected chi connectivity index (χ2v) is 8.14. The summed E-state index contributed by atoms with van der Waals surface area (Å²) in [5.41, 5.74) is 7.87. The number of non-ortho nitro benzene ring substituents is 2. The number of aliphatic hydroxyl groups is 2. The Balaban J connectivity index is 0. The molecule has 3 aromatic rings. The van der Waals surface area contributed by atoms with Crippen LogP contribution in [0.2, 0.25) is 0 Å². The van der Waals surface area contributed by atoms with E-state index in [-0.39, 0.29) is 42.8 Å². The van der Waals surface area contributed by atoms with Gasteiger partial charge in [-0.15, -0.1) is 24.8 Å². The van der Waals surface area contributed by atoms with Gasteiger partial charge in [0.05, 0.1) is 35.3 Å². The number of aliphatic hydroxyl groups excluding tert-OH is 2. The van der Waals surface area contributed by atoms with Crippen LogP contribution in [-0.2, 0) is 9.47 Å². The summed E-state index contributed by atoms with van der Waals surface area (Å²) in [5, 5.41) is 45.1. The van der Waals surface area contributed by atoms with Crippen molar-refractivity contribution in [3.8, 4) is 0 Å². The number of ether oxygens (including phenoxy) is 2. The fourth-order valence-electron chi connectivity index (χ4n) is 2.84. The van der Waals surface area contributed by atoms with Crippen molar-refractivity contribution in [2.24, 2.45) is 0 Å². The molecule has 0 heterocycles. The van der Waals surface area contributed by atoms with Crippen molar-refractivity contribution < 1.29 is 33.9 Å². The molecule has 3 rings (SSSR count). The van der Waals surface area contributed by atoms with Crippen molar-refractivity contribution in [3.05, 3.63) is 98.8 Å². The molecular weight excluding hydrogens is 600 g/mol. The van der Waals surface area contributed by atoms with Crippen molar-refractivity contribution in [2.75, 3.05) is 56.9 Å². The molecule has 2 unspecified atom stereocenters. The van der Waals surface area contributed by atoms with E-state index in [2.05, 4.69) is 10.6 Å². The number of nitro benzene ring substituents is 2. The average Bonchev–Trinajstić information content (AvgIpc) is 2.93. The van der Waals surface area contributed by atoms with E-state index in [9.17, 15) is 34.8 Å². The van der Waals surface area contributed by atoms with Gasteiger partial charge in [-0.2, -0.15) is 0 Å². The number of nitrogen functional groups attached to an aromatic ring is 1. The van der Waals surface area contributed by atoms with Crippen LogP contribution in [0.3, 0.4) is 0 Å². The Kier molecular flexibility index (Phi) is 22.0. The number of nitrogens with one attached hydrogen (secondary N) is 2. The van der Waals surface area contributed by atoms with Crippen LogP contribution in [0, 0.1) is 26.0 Å². The van der Waals surface area contributed by atoms with Crippen LogP contribution in [-0.4, -0.2) is 72.8 Å². The third kappa shape index (κ3) is 17.8. The van der Waals surface area contributed by atoms with E-state index in [4.69, 9.17) is 15.2 Å². The number of nitrogens with two attached hydrogens (primary N) is 1. The highest BCUT2D eigenvalue weighted by Gasteiger charge is 2.06. The first kappa shape index (κ1) is 40.3. The Morgan fingerprint density at radius 1 is 0.738 bits per heavy atom. The van der Waals surface area contributed by atoms with Gasteiger partial charge in [-0.05, 0) is 48.5 Å². The predicted octanol–water partition coefficient (Wildman–Crippen LogP) is 4.28. The minimum Gasteiger partial charge on any atom is -0.399 e. The molecule has 6 N–H and O–H groups in total. The molecule has 0 saturated heterocycles. The van der Waals surface area contributed by atoms with Crippen LogP contribution in [0.15, 0.2) is 72.8 Å². The highest BCUT2D eigenvalue weighted by atomic mass is 35.5. The number of benzene rings is 3. The van der Waals surface area contributed by atoms with Crippen LogP contribution >= 0.6 is 24.8 Å². The fourth-order valence-corrected chi connectivity index (χ4v) is 2.84. The molecule has 16 heteroatoms. The Bertz CT molecular complexity index is 1150. The zero-order chi connectivity index (χ0) is 29.9. The van der Waals surface area contributed by atoms with E-state index >= 15 is 0 Å². The van der Waals surface area contributed by atoms with Crippen LogP contribution in [0.25, 0.3) is 0 Å². The minimum atomic E-state index is -0.597. The molecule has 13 nitrogen and oxygen atoms in total. The molecule has 0 aromatic heterocycles. The van der Waals surface area contributed by atoms with Gasteiger partial charge in [0, 0.05) is 68.6 Å². The summed E-state index contributed by atoms with van der Waals surface area (Å²) in [5.74, 6) is -0.467. The number of nitro groups is 2. The number of hydrogen-bond donors (Lipinski definition) is 5. The maximum absolute atomic E-state index is 12.1. The maximum atomic E-state index is 12.1. The summed E-state index contributed by atoms with van der Waals surface area (Å²) >= 11 is 0. The highest BCUT2D eigenvalue weighted by molar-refractivity contribution is 5.85. The number of halogens is 3. The van der Waals surface area contributed by atoms with Gasteiger partial charge in [0.2, 0.25) is 0 Å². The van der Waals surface area contributed by atoms with E-state index in [1.807, 2.05) is 24.3 Å². The van der Waals surface area contributed by atoms with Gasteiger partial charge in [-0.1, -0.05) is 0 Å². The SMILES string of the molecule is COCC(O)CNc1ccc(N)cc1.COCC(O)CNc1ccc([N+](=O)[O-])cc1.Cl.Cl.O=[N+]([O-])c1ccc(F)cc1. The molecule has 0 saturated carbocycles. The molecule has 0 spiro atoms. The summed E-state index contributed by atoms with van der Waals surface area (Å²) in [6.45, 7) is 1.39. The lowest BCUT2D eigenvalue weighted by atomic mass is 10.2. The Hall–Kier alpha value is -3.79. The predicted molar refractivity (Wildman–Crippen MR) is 164 cm³/mol. The second kappa shape index (κ2) is 22.8. The molecule has 0 aliphatic heterocycles. The number of methoxy groups -OCH3 is 2. The Morgan fingerprint density at radius 3 is 1.40 bits per heavy atom. The van der Waals surface area contributed by atoms with E-state index in [0.717, 1.165) is 41.3 Å². The number of nitrogens with zero attached hydrogens (tertiary/aromatic N) is 2. The standard InChI is InChI=1S/C10H14N2O4.C10H16N2O2.C6H4FNO2.2ClH/c1-16-7-10(13)6-11-8-2-4-9(5-3-8)12(14)15;1-14-7-10(13)6-12-9-4-2-8(11)3-5-9;7-5-1-3-6(4-2-5)8(9)10;;/h2-5,10-11,13H,6-7H2,1H3;2-5,10,12-13H,6-7,11H2,1H3;1-4H;2*1H. The van der Waals surface area contributed by atoms with E-state index in [1.165, 1.54) is 19.2 Å². The van der Waals surface area contributed by atoms with Crippen molar-refractivity contribution in [1.82, 2.24) is 0 Å². The Morgan fingerprint density at radius 2 is 1.07 bits per heavy atom. The van der Waals surface area contributed by atoms with Crippen LogP contribution in [0.1, 0.15) is 0 Å². The molecule has 0 radical (unpaired) electrons. The van der Waals surface area contributed by atoms with Crippen molar-refractivity contribution in [2.45, 2.75) is 12.2 Å². The summed E-state index contributed by atoms with van der Waals surface area (Å²) in [4.78, 5) is 19.4. The van der Waals surface area contributed by atoms with Crippen molar-refractivity contribution in [3.63, 3.8) is 0 Å². The lowest BCUT2D eigenvalue weighted by molar-refractivity contribution is -0.385. The zero-order valence-electron chi connectivity index (χ0n) is 22.9. The third-order valence-corrected chi connectivity index (χ3v) is 4.83. The number of anilines is 3. The van der Waals surface area contributed by atoms with Gasteiger partial charge in [-0.25, -0.2) is 4.39 Å². The normalized spacial score (nSPS) is 11.0. The largest absolute Gasteiger partial charge is 0.399 e. The van der Waals surface area contributed by atoms with Gasteiger partial charge in [0.15, 0.2) is 0 Å². The summed E-state index contributed by atoms with van der Waals surface area (Å²) in [6.07, 6.45) is -1.09. The topological polar surface area (TPSA) is 195 Å². The van der Waals surface area contributed by atoms with Crippen LogP contribution < -0.4 is 16.4 Å². The Labute approximate surface area is 255 Å². The summed E-state index contributed by atoms with van der Waals surface area (Å²) in [6, 6.07) is 17.7. The molecule has 42 heavy (non-hydrogen) atoms. The van der Waals surface area contributed by atoms with E-state index in [0.29, 0.717) is 19.7 Å². The highest BCUT2D eigenvalue weighted by Crippen LogP contribution is 2.15. The first-order chi connectivity index (χ1) is 19.0. The van der Waals surface area contributed by atoms with E-state index in [1.54, 1.807) is 19.2 Å². The maximum Gasteiger partial charge on any atom is 0.269 e. The van der Waals surface area contributed by atoms with Gasteiger partial charge in [0.1, 0.15) is 5.82 Å². The lowest BCUT2D eigenvalue weighted by Crippen LogP contribution is -2.24. The molecule has 0 aliphatic carbocycles. The quantitative estimate of drug-likeness (QED) is 0.108. The van der Waals surface area contributed by atoms with Gasteiger partial charge < -0.3 is 36.1 Å². The fraction of sp³-hybridized carbons (Fsp3) is 0.308. The summed E-state index contributed by atoms with van der Waals surface area (Å²) < 4.78 is 21.7. The lowest BCUT2D eigenvalue weighted by Gasteiger charge is -2.11. The third-order valence-electron chi connectivity index (χ3n) is 4.83. The molecular formula is C26H36Cl2FN5O8. The molecule has 0 aliphatic rings. The molecule has 2 atom stereocenters. The molecule has 0 bridgehead atoms. The van der Waals surface area contributed by atoms with E-state index < -0.39 is 27.9 Å². The average molecular weight is 637 g/mol. The van der Waals surface area contributed by atoms with Gasteiger partial charge in [0.25, 0.3) is 11.4 Å².